The molecule has 103 valence electrons. The van der Waals surface area contributed by atoms with Gasteiger partial charge in [-0.1, -0.05) is 52.9 Å². The highest BCUT2D eigenvalue weighted by Gasteiger charge is 2.23. The van der Waals surface area contributed by atoms with E-state index in [0.717, 1.165) is 25.7 Å². The molecule has 2 heteroatoms. The molecule has 0 spiro atoms. The molecule has 0 aliphatic carbocycles. The van der Waals surface area contributed by atoms with Gasteiger partial charge in [-0.25, -0.2) is 0 Å². The predicted molar refractivity (Wildman–Crippen MR) is 72.5 cm³/mol. The van der Waals surface area contributed by atoms with Crippen LogP contribution in [0.2, 0.25) is 0 Å². The topological polar surface area (TPSA) is 29.1 Å². The van der Waals surface area contributed by atoms with E-state index in [9.17, 15) is 5.11 Å². The first-order valence-electron chi connectivity index (χ1n) is 7.40. The monoisotopic (exact) mass is 243 g/mol. The fourth-order valence-corrected chi connectivity index (χ4v) is 1.96. The van der Waals surface area contributed by atoms with Crippen molar-refractivity contribution in [2.24, 2.45) is 5.92 Å². The summed E-state index contributed by atoms with van der Waals surface area (Å²) in [5.74, 6) is -0.608. The number of hydrogen-bond acceptors (Lipinski definition) is 1. The second-order valence-electron chi connectivity index (χ2n) is 5.32. The third-order valence-corrected chi connectivity index (χ3v) is 3.40. The summed E-state index contributed by atoms with van der Waals surface area (Å²) in [6.45, 7) is 8.87. The van der Waals surface area contributed by atoms with Gasteiger partial charge in [-0.15, -0.1) is 0 Å². The lowest BCUT2D eigenvalue weighted by molar-refractivity contribution is -0.238. The molecule has 0 heterocycles. The average molecular weight is 243 g/mol. The summed E-state index contributed by atoms with van der Waals surface area (Å²) in [5.41, 5.74) is 0. The van der Waals surface area contributed by atoms with E-state index in [2.05, 4.69) is 20.8 Å². The molecule has 2 nitrogen and oxygen atoms in total. The van der Waals surface area contributed by atoms with E-state index in [4.69, 9.17) is 4.74 Å². The fourth-order valence-electron chi connectivity index (χ4n) is 1.96. The summed E-state index contributed by atoms with van der Waals surface area (Å²) >= 11 is 0. The maximum atomic E-state index is 12.0. The molecule has 1 radical (unpaired) electrons. The van der Waals surface area contributed by atoms with Crippen molar-refractivity contribution in [2.45, 2.75) is 84.8 Å². The van der Waals surface area contributed by atoms with Crippen LogP contribution < -0.4 is 0 Å². The van der Waals surface area contributed by atoms with Crippen LogP contribution in [0.1, 0.15) is 79.1 Å². The Kier molecular flexibility index (Phi) is 9.85. The van der Waals surface area contributed by atoms with Crippen LogP contribution in [0.25, 0.3) is 0 Å². The van der Waals surface area contributed by atoms with Crippen molar-refractivity contribution < 1.29 is 9.84 Å². The lowest BCUT2D eigenvalue weighted by Gasteiger charge is -2.24. The van der Waals surface area contributed by atoms with Gasteiger partial charge >= 0.3 is 0 Å². The third-order valence-electron chi connectivity index (χ3n) is 3.40. The SMILES string of the molecule is CCCCCC(C)([O])OCC(CC)CCCC. The maximum Gasteiger partial charge on any atom is 0.198 e. The van der Waals surface area contributed by atoms with Crippen LogP contribution in [0.15, 0.2) is 0 Å². The van der Waals surface area contributed by atoms with Crippen molar-refractivity contribution in [2.75, 3.05) is 6.61 Å². The zero-order valence-electron chi connectivity index (χ0n) is 12.3. The third kappa shape index (κ3) is 9.61. The van der Waals surface area contributed by atoms with Crippen molar-refractivity contribution in [1.82, 2.24) is 0 Å². The van der Waals surface area contributed by atoms with Crippen molar-refractivity contribution in [1.29, 1.82) is 0 Å². The first-order chi connectivity index (χ1) is 8.05. The molecule has 0 amide bonds. The molecule has 0 fully saturated rings. The Hall–Kier alpha value is -0.0800. The van der Waals surface area contributed by atoms with Gasteiger partial charge in [0.25, 0.3) is 0 Å². The molecule has 0 aromatic rings. The summed E-state index contributed by atoms with van der Waals surface area (Å²) < 4.78 is 5.57. The van der Waals surface area contributed by atoms with Gasteiger partial charge in [0.15, 0.2) is 5.79 Å². The zero-order valence-corrected chi connectivity index (χ0v) is 12.3. The molecular weight excluding hydrogens is 212 g/mol. The Labute approximate surface area is 108 Å². The van der Waals surface area contributed by atoms with Crippen LogP contribution >= 0.6 is 0 Å². The molecule has 0 aromatic carbocycles. The van der Waals surface area contributed by atoms with Gasteiger partial charge in [0.2, 0.25) is 0 Å². The molecule has 0 aliphatic heterocycles. The van der Waals surface area contributed by atoms with Gasteiger partial charge in [-0.05, 0) is 25.7 Å². The first kappa shape index (κ1) is 16.9. The van der Waals surface area contributed by atoms with E-state index in [-0.39, 0.29) is 0 Å². The summed E-state index contributed by atoms with van der Waals surface area (Å²) in [6, 6.07) is 0. The van der Waals surface area contributed by atoms with Crippen LogP contribution in [0, 0.1) is 5.92 Å². The summed E-state index contributed by atoms with van der Waals surface area (Å²) in [6.07, 6.45) is 8.70. The second kappa shape index (κ2) is 9.90. The van der Waals surface area contributed by atoms with Gasteiger partial charge in [0, 0.05) is 6.42 Å². The van der Waals surface area contributed by atoms with Crippen LogP contribution in [0.5, 0.6) is 0 Å². The Morgan fingerprint density at radius 2 is 1.71 bits per heavy atom. The molecule has 0 N–H and O–H groups in total. The van der Waals surface area contributed by atoms with Gasteiger partial charge in [0.05, 0.1) is 6.61 Å². The second-order valence-corrected chi connectivity index (χ2v) is 5.32. The molecule has 0 bridgehead atoms. The van der Waals surface area contributed by atoms with E-state index >= 15 is 0 Å². The van der Waals surface area contributed by atoms with E-state index in [1.54, 1.807) is 6.92 Å². The minimum Gasteiger partial charge on any atom is -0.347 e. The Morgan fingerprint density at radius 3 is 2.24 bits per heavy atom. The van der Waals surface area contributed by atoms with Crippen molar-refractivity contribution in [3.05, 3.63) is 0 Å². The first-order valence-corrected chi connectivity index (χ1v) is 7.40. The number of ether oxygens (including phenoxy) is 1. The largest absolute Gasteiger partial charge is 0.347 e. The van der Waals surface area contributed by atoms with Crippen LogP contribution in [0.3, 0.4) is 0 Å². The zero-order chi connectivity index (χ0) is 13.1. The number of unbranched alkanes of at least 4 members (excludes halogenated alkanes) is 3. The highest BCUT2D eigenvalue weighted by molar-refractivity contribution is 4.63. The Morgan fingerprint density at radius 1 is 1.06 bits per heavy atom. The van der Waals surface area contributed by atoms with Gasteiger partial charge in [0.1, 0.15) is 0 Å². The van der Waals surface area contributed by atoms with Gasteiger partial charge in [-0.3, -0.25) is 0 Å². The summed E-state index contributed by atoms with van der Waals surface area (Å²) in [5, 5.41) is 12.0. The molecule has 0 saturated heterocycles. The molecule has 17 heavy (non-hydrogen) atoms. The smallest absolute Gasteiger partial charge is 0.198 e. The lowest BCUT2D eigenvalue weighted by atomic mass is 10.0. The highest BCUT2D eigenvalue weighted by atomic mass is 16.6. The standard InChI is InChI=1S/C15H31O2/c1-5-8-10-12-15(4,16)17-13-14(7-3)11-9-6-2/h14H,5-13H2,1-4H3. The van der Waals surface area contributed by atoms with E-state index < -0.39 is 5.79 Å². The van der Waals surface area contributed by atoms with E-state index in [0.29, 0.717) is 18.9 Å². The Balaban J connectivity index is 3.79. The molecule has 2 unspecified atom stereocenters. The Bertz CT molecular complexity index is 166. The molecule has 0 saturated carbocycles. The molecular formula is C15H31O2. The fraction of sp³-hybridized carbons (Fsp3) is 1.00. The quantitative estimate of drug-likeness (QED) is 0.373. The molecule has 0 aliphatic rings. The number of hydrogen-bond donors (Lipinski definition) is 0. The normalized spacial score (nSPS) is 16.8. The summed E-state index contributed by atoms with van der Waals surface area (Å²) in [7, 11) is 0. The predicted octanol–water partition coefficient (Wildman–Crippen LogP) is 4.95. The van der Waals surface area contributed by atoms with Crippen molar-refractivity contribution in [3.63, 3.8) is 0 Å². The van der Waals surface area contributed by atoms with E-state index in [1.165, 1.54) is 19.3 Å². The van der Waals surface area contributed by atoms with Gasteiger partial charge in [-0.2, -0.15) is 5.11 Å². The van der Waals surface area contributed by atoms with Crippen LogP contribution in [-0.4, -0.2) is 12.4 Å². The van der Waals surface area contributed by atoms with Gasteiger partial charge < -0.3 is 4.74 Å². The average Bonchev–Trinajstić information content (AvgIpc) is 2.29. The molecule has 0 rings (SSSR count). The van der Waals surface area contributed by atoms with Crippen molar-refractivity contribution >= 4 is 0 Å². The molecule has 0 aromatic heterocycles. The molecule has 2 atom stereocenters. The van der Waals surface area contributed by atoms with Crippen molar-refractivity contribution in [3.8, 4) is 0 Å². The van der Waals surface area contributed by atoms with Crippen LogP contribution in [0.4, 0.5) is 0 Å². The number of rotatable bonds is 11. The lowest BCUT2D eigenvalue weighted by Crippen LogP contribution is -2.29. The highest BCUT2D eigenvalue weighted by Crippen LogP contribution is 2.21. The minimum absolute atomic E-state index is 0.564. The van der Waals surface area contributed by atoms with Crippen LogP contribution in [-0.2, 0) is 9.84 Å². The maximum absolute atomic E-state index is 12.0. The summed E-state index contributed by atoms with van der Waals surface area (Å²) in [4.78, 5) is 0. The van der Waals surface area contributed by atoms with E-state index in [1.807, 2.05) is 0 Å². The minimum atomic E-state index is -1.17.